The standard InChI is InChI=1S/C36H41NO6/c1-3-5-7-9-10-12-23-41-34-21-20-32(25-33(34)36(39)42-27-29-15-13-14-28(24-29)26-37)43-35(38)30-16-18-31(19-17-30)40-22-11-8-6-4-2/h4,13-21,24-25H,2-3,5-12,22-23,27H2,1H3. The van der Waals surface area contributed by atoms with Gasteiger partial charge in [-0.3, -0.25) is 0 Å². The van der Waals surface area contributed by atoms with Crippen molar-refractivity contribution in [3.05, 3.63) is 102 Å². The van der Waals surface area contributed by atoms with Gasteiger partial charge in [0, 0.05) is 0 Å². The Hall–Kier alpha value is -4.57. The Balaban J connectivity index is 1.65. The Bertz CT molecular complexity index is 1360. The highest BCUT2D eigenvalue weighted by atomic mass is 16.5. The number of hydrogen-bond acceptors (Lipinski definition) is 7. The van der Waals surface area contributed by atoms with Gasteiger partial charge >= 0.3 is 11.9 Å². The fraction of sp³-hybridized carbons (Fsp3) is 0.361. The summed E-state index contributed by atoms with van der Waals surface area (Å²) in [5.74, 6) is 0.0442. The van der Waals surface area contributed by atoms with E-state index in [1.54, 1.807) is 60.7 Å². The molecule has 0 radical (unpaired) electrons. The Labute approximate surface area is 255 Å². The van der Waals surface area contributed by atoms with Gasteiger partial charge in [0.25, 0.3) is 0 Å². The Morgan fingerprint density at radius 3 is 2.30 bits per heavy atom. The number of carbonyl (C=O) groups excluding carboxylic acids is 2. The molecule has 0 heterocycles. The molecule has 7 nitrogen and oxygen atoms in total. The second-order valence-corrected chi connectivity index (χ2v) is 10.2. The lowest BCUT2D eigenvalue weighted by atomic mass is 10.1. The highest BCUT2D eigenvalue weighted by molar-refractivity contribution is 5.94. The molecular weight excluding hydrogens is 542 g/mol. The van der Waals surface area contributed by atoms with E-state index in [1.165, 1.54) is 25.3 Å². The quantitative estimate of drug-likeness (QED) is 0.0603. The zero-order chi connectivity index (χ0) is 30.7. The summed E-state index contributed by atoms with van der Waals surface area (Å²) >= 11 is 0. The van der Waals surface area contributed by atoms with Crippen LogP contribution in [0.2, 0.25) is 0 Å². The van der Waals surface area contributed by atoms with Crippen molar-refractivity contribution in [3.8, 4) is 23.3 Å². The minimum atomic E-state index is -0.618. The Morgan fingerprint density at radius 1 is 0.814 bits per heavy atom. The van der Waals surface area contributed by atoms with Gasteiger partial charge in [-0.1, -0.05) is 57.2 Å². The molecule has 43 heavy (non-hydrogen) atoms. The number of carbonyl (C=O) groups is 2. The molecule has 226 valence electrons. The van der Waals surface area contributed by atoms with Gasteiger partial charge in [-0.25, -0.2) is 9.59 Å². The Kier molecular flexibility index (Phi) is 14.4. The van der Waals surface area contributed by atoms with Crippen molar-refractivity contribution in [2.24, 2.45) is 0 Å². The first-order valence-electron chi connectivity index (χ1n) is 15.0. The molecule has 3 rings (SSSR count). The number of nitrogens with zero attached hydrogens (tertiary/aromatic N) is 1. The fourth-order valence-electron chi connectivity index (χ4n) is 4.31. The smallest absolute Gasteiger partial charge is 0.343 e. The lowest BCUT2D eigenvalue weighted by molar-refractivity contribution is 0.0466. The van der Waals surface area contributed by atoms with E-state index < -0.39 is 11.9 Å². The highest BCUT2D eigenvalue weighted by Crippen LogP contribution is 2.27. The van der Waals surface area contributed by atoms with E-state index >= 15 is 0 Å². The first-order chi connectivity index (χ1) is 21.0. The van der Waals surface area contributed by atoms with Crippen LogP contribution in [0.3, 0.4) is 0 Å². The van der Waals surface area contributed by atoms with E-state index in [2.05, 4.69) is 19.6 Å². The number of benzene rings is 3. The van der Waals surface area contributed by atoms with Crippen LogP contribution < -0.4 is 14.2 Å². The van der Waals surface area contributed by atoms with Crippen molar-refractivity contribution in [2.75, 3.05) is 13.2 Å². The van der Waals surface area contributed by atoms with Crippen LogP contribution in [-0.4, -0.2) is 25.2 Å². The van der Waals surface area contributed by atoms with Crippen LogP contribution in [0, 0.1) is 11.3 Å². The van der Waals surface area contributed by atoms with Crippen LogP contribution in [0.4, 0.5) is 0 Å². The molecule has 0 unspecified atom stereocenters. The summed E-state index contributed by atoms with van der Waals surface area (Å²) in [5.41, 5.74) is 1.68. The molecule has 0 saturated heterocycles. The molecule has 0 spiro atoms. The maximum atomic E-state index is 13.2. The average molecular weight is 584 g/mol. The van der Waals surface area contributed by atoms with Crippen molar-refractivity contribution >= 4 is 11.9 Å². The molecule has 3 aromatic carbocycles. The normalized spacial score (nSPS) is 10.4. The first-order valence-corrected chi connectivity index (χ1v) is 15.0. The molecule has 0 aromatic heterocycles. The third kappa shape index (κ3) is 11.7. The summed E-state index contributed by atoms with van der Waals surface area (Å²) in [6.45, 7) is 6.93. The van der Waals surface area contributed by atoms with Gasteiger partial charge in [-0.2, -0.15) is 5.26 Å². The number of rotatable bonds is 19. The largest absolute Gasteiger partial charge is 0.494 e. The Morgan fingerprint density at radius 2 is 1.53 bits per heavy atom. The molecule has 0 aliphatic carbocycles. The average Bonchev–Trinajstić information content (AvgIpc) is 3.04. The number of ether oxygens (including phenoxy) is 4. The van der Waals surface area contributed by atoms with Crippen LogP contribution in [0.5, 0.6) is 17.2 Å². The maximum Gasteiger partial charge on any atom is 0.343 e. The van der Waals surface area contributed by atoms with Gasteiger partial charge in [-0.15, -0.1) is 6.58 Å². The monoisotopic (exact) mass is 583 g/mol. The lowest BCUT2D eigenvalue weighted by Crippen LogP contribution is -2.12. The van der Waals surface area contributed by atoms with E-state index in [9.17, 15) is 9.59 Å². The van der Waals surface area contributed by atoms with E-state index in [0.717, 1.165) is 38.5 Å². The lowest BCUT2D eigenvalue weighted by Gasteiger charge is -2.13. The fourth-order valence-corrected chi connectivity index (χ4v) is 4.31. The molecule has 0 aliphatic heterocycles. The van der Waals surface area contributed by atoms with Crippen molar-refractivity contribution in [2.45, 2.75) is 71.3 Å². The van der Waals surface area contributed by atoms with Crippen LogP contribution in [0.1, 0.15) is 96.6 Å². The van der Waals surface area contributed by atoms with Crippen LogP contribution in [-0.2, 0) is 11.3 Å². The van der Waals surface area contributed by atoms with Gasteiger partial charge in [0.05, 0.1) is 30.4 Å². The summed E-state index contributed by atoms with van der Waals surface area (Å²) in [6.07, 6.45) is 11.5. The molecule has 0 bridgehead atoms. The molecule has 0 atom stereocenters. The first kappa shape index (κ1) is 32.9. The van der Waals surface area contributed by atoms with E-state index in [4.69, 9.17) is 24.2 Å². The van der Waals surface area contributed by atoms with Gasteiger partial charge in [0.1, 0.15) is 29.4 Å². The summed E-state index contributed by atoms with van der Waals surface area (Å²) in [5, 5.41) is 9.15. The molecule has 0 amide bonds. The topological polar surface area (TPSA) is 94.8 Å². The zero-order valence-corrected chi connectivity index (χ0v) is 25.0. The summed E-state index contributed by atoms with van der Waals surface area (Å²) < 4.78 is 22.8. The van der Waals surface area contributed by atoms with Crippen LogP contribution in [0.25, 0.3) is 0 Å². The number of unbranched alkanes of at least 4 members (excludes halogenated alkanes) is 7. The highest BCUT2D eigenvalue weighted by Gasteiger charge is 2.18. The maximum absolute atomic E-state index is 13.2. The number of nitriles is 1. The number of esters is 2. The molecule has 3 aromatic rings. The second-order valence-electron chi connectivity index (χ2n) is 10.2. The van der Waals surface area contributed by atoms with Gasteiger partial charge < -0.3 is 18.9 Å². The molecule has 0 aliphatic rings. The van der Waals surface area contributed by atoms with E-state index in [0.29, 0.717) is 41.4 Å². The summed E-state index contributed by atoms with van der Waals surface area (Å²) in [7, 11) is 0. The molecule has 0 N–H and O–H groups in total. The predicted octanol–water partition coefficient (Wildman–Crippen LogP) is 8.61. The van der Waals surface area contributed by atoms with Crippen LogP contribution in [0.15, 0.2) is 79.4 Å². The summed E-state index contributed by atoms with van der Waals surface area (Å²) in [4.78, 5) is 26.0. The van der Waals surface area contributed by atoms with Gasteiger partial charge in [0.15, 0.2) is 0 Å². The molecule has 0 fully saturated rings. The van der Waals surface area contributed by atoms with E-state index in [-0.39, 0.29) is 17.9 Å². The van der Waals surface area contributed by atoms with Crippen LogP contribution >= 0.6 is 0 Å². The van der Waals surface area contributed by atoms with E-state index in [1.807, 2.05) is 6.08 Å². The van der Waals surface area contributed by atoms with Gasteiger partial charge in [0.2, 0.25) is 0 Å². The number of allylic oxidation sites excluding steroid dienone is 1. The third-order valence-corrected chi connectivity index (χ3v) is 6.72. The zero-order valence-electron chi connectivity index (χ0n) is 25.0. The third-order valence-electron chi connectivity index (χ3n) is 6.72. The SMILES string of the molecule is C=CCCCCOc1ccc(C(=O)Oc2ccc(OCCCCCCCC)c(C(=O)OCc3cccc(C#N)c3)c2)cc1. The van der Waals surface area contributed by atoms with Crippen molar-refractivity contribution < 1.29 is 28.5 Å². The van der Waals surface area contributed by atoms with Crippen molar-refractivity contribution in [1.82, 2.24) is 0 Å². The molecule has 0 saturated carbocycles. The molecular formula is C36H41NO6. The molecule has 7 heteroatoms. The second kappa shape index (κ2) is 18.8. The van der Waals surface area contributed by atoms with Crippen molar-refractivity contribution in [1.29, 1.82) is 5.26 Å². The van der Waals surface area contributed by atoms with Crippen molar-refractivity contribution in [3.63, 3.8) is 0 Å². The minimum Gasteiger partial charge on any atom is -0.494 e. The predicted molar refractivity (Wildman–Crippen MR) is 167 cm³/mol. The summed E-state index contributed by atoms with van der Waals surface area (Å²) in [6, 6.07) is 20.4. The minimum absolute atomic E-state index is 0.0160. The van der Waals surface area contributed by atoms with Gasteiger partial charge in [-0.05, 0) is 85.8 Å². The number of hydrogen-bond donors (Lipinski definition) is 0.